The molecule has 0 amide bonds. The van der Waals surface area contributed by atoms with Crippen LogP contribution >= 0.6 is 23.2 Å². The highest BCUT2D eigenvalue weighted by Gasteiger charge is 2.19. The molecule has 6 heteroatoms. The van der Waals surface area contributed by atoms with Crippen LogP contribution in [0.4, 0.5) is 11.4 Å². The van der Waals surface area contributed by atoms with Gasteiger partial charge in [-0.25, -0.2) is 0 Å². The number of rotatable bonds is 6. The number of piperazine rings is 2. The van der Waals surface area contributed by atoms with Crippen LogP contribution in [0.15, 0.2) is 48.5 Å². The number of halogens is 2. The molecule has 0 N–H and O–H groups in total. The Hall–Kier alpha value is -1.46. The van der Waals surface area contributed by atoms with Gasteiger partial charge in [0.2, 0.25) is 0 Å². The lowest BCUT2D eigenvalue weighted by atomic mass is 10.2. The molecule has 2 aromatic rings. The molecule has 156 valence electrons. The first-order valence-corrected chi connectivity index (χ1v) is 11.4. The molecule has 2 heterocycles. The predicted octanol–water partition coefficient (Wildman–Crippen LogP) is 4.33. The summed E-state index contributed by atoms with van der Waals surface area (Å²) < 4.78 is 0. The highest BCUT2D eigenvalue weighted by Crippen LogP contribution is 2.22. The van der Waals surface area contributed by atoms with Gasteiger partial charge in [0, 0.05) is 73.8 Å². The lowest BCUT2D eigenvalue weighted by Gasteiger charge is -2.38. The molecule has 2 aliphatic rings. The number of hydrogen-bond donors (Lipinski definition) is 0. The van der Waals surface area contributed by atoms with Crippen molar-refractivity contribution in [3.05, 3.63) is 58.6 Å². The van der Waals surface area contributed by atoms with Crippen LogP contribution in [-0.4, -0.2) is 75.2 Å². The first-order valence-electron chi connectivity index (χ1n) is 10.6. The Balaban J connectivity index is 1.14. The van der Waals surface area contributed by atoms with E-state index in [2.05, 4.69) is 43.9 Å². The zero-order valence-corrected chi connectivity index (χ0v) is 18.5. The summed E-state index contributed by atoms with van der Waals surface area (Å²) in [5.74, 6) is 0. The summed E-state index contributed by atoms with van der Waals surface area (Å²) in [6.07, 6.45) is 1.24. The minimum Gasteiger partial charge on any atom is -0.369 e. The van der Waals surface area contributed by atoms with Crippen LogP contribution in [0.1, 0.15) is 6.42 Å². The van der Waals surface area contributed by atoms with Crippen LogP contribution in [0.5, 0.6) is 0 Å². The van der Waals surface area contributed by atoms with Gasteiger partial charge in [0.05, 0.1) is 0 Å². The number of benzene rings is 2. The maximum atomic E-state index is 6.14. The molecule has 0 aliphatic carbocycles. The van der Waals surface area contributed by atoms with Gasteiger partial charge in [-0.1, -0.05) is 35.3 Å². The number of hydrogen-bond acceptors (Lipinski definition) is 4. The van der Waals surface area contributed by atoms with Gasteiger partial charge in [0.25, 0.3) is 0 Å². The summed E-state index contributed by atoms with van der Waals surface area (Å²) in [6, 6.07) is 16.4. The van der Waals surface area contributed by atoms with Crippen LogP contribution in [-0.2, 0) is 0 Å². The third-order valence-corrected chi connectivity index (χ3v) is 6.51. The minimum absolute atomic E-state index is 0.820. The van der Waals surface area contributed by atoms with E-state index >= 15 is 0 Å². The molecule has 2 fully saturated rings. The molecule has 0 saturated carbocycles. The van der Waals surface area contributed by atoms with E-state index in [-0.39, 0.29) is 0 Å². The van der Waals surface area contributed by atoms with Gasteiger partial charge in [-0.2, -0.15) is 0 Å². The highest BCUT2D eigenvalue weighted by atomic mass is 35.5. The standard InChI is InChI=1S/C23H30Cl2N4/c24-20-4-1-6-22(18-20)28-14-10-26(11-15-28)8-3-9-27-12-16-29(17-13-27)23-7-2-5-21(25)19-23/h1-2,4-7,18-19H,3,8-17H2. The van der Waals surface area contributed by atoms with Crippen molar-refractivity contribution in [2.45, 2.75) is 6.42 Å². The molecule has 0 bridgehead atoms. The van der Waals surface area contributed by atoms with Crippen LogP contribution in [0.2, 0.25) is 10.0 Å². The third-order valence-electron chi connectivity index (χ3n) is 6.04. The smallest absolute Gasteiger partial charge is 0.0426 e. The second-order valence-corrected chi connectivity index (χ2v) is 8.84. The number of nitrogens with zero attached hydrogens (tertiary/aromatic N) is 4. The first kappa shape index (κ1) is 20.8. The Bertz CT molecular complexity index is 718. The van der Waals surface area contributed by atoms with E-state index in [1.807, 2.05) is 24.3 Å². The van der Waals surface area contributed by atoms with Crippen molar-refractivity contribution in [1.29, 1.82) is 0 Å². The summed E-state index contributed by atoms with van der Waals surface area (Å²) >= 11 is 12.3. The molecule has 29 heavy (non-hydrogen) atoms. The molecular weight excluding hydrogens is 403 g/mol. The van der Waals surface area contributed by atoms with E-state index < -0.39 is 0 Å². The molecule has 2 aliphatic heterocycles. The Kier molecular flexibility index (Phi) is 7.20. The first-order chi connectivity index (χ1) is 14.2. The van der Waals surface area contributed by atoms with Crippen molar-refractivity contribution in [2.24, 2.45) is 0 Å². The molecule has 0 aromatic heterocycles. The summed E-state index contributed by atoms with van der Waals surface area (Å²) in [7, 11) is 0. The molecule has 2 saturated heterocycles. The molecule has 4 nitrogen and oxygen atoms in total. The van der Waals surface area contributed by atoms with Gasteiger partial charge in [-0.05, 0) is 55.9 Å². The van der Waals surface area contributed by atoms with E-state index in [4.69, 9.17) is 23.2 Å². The van der Waals surface area contributed by atoms with Crippen molar-refractivity contribution in [2.75, 3.05) is 75.2 Å². The zero-order chi connectivity index (χ0) is 20.1. The van der Waals surface area contributed by atoms with Gasteiger partial charge in [0.1, 0.15) is 0 Å². The fourth-order valence-electron chi connectivity index (χ4n) is 4.32. The Labute approximate surface area is 184 Å². The third kappa shape index (κ3) is 5.79. The highest BCUT2D eigenvalue weighted by molar-refractivity contribution is 6.31. The molecule has 4 rings (SSSR count). The van der Waals surface area contributed by atoms with Crippen LogP contribution in [0.3, 0.4) is 0 Å². The van der Waals surface area contributed by atoms with E-state index in [0.717, 1.165) is 62.4 Å². The lowest BCUT2D eigenvalue weighted by molar-refractivity contribution is 0.213. The molecular formula is C23H30Cl2N4. The molecule has 2 aromatic carbocycles. The number of anilines is 2. The van der Waals surface area contributed by atoms with Gasteiger partial charge in [-0.15, -0.1) is 0 Å². The lowest BCUT2D eigenvalue weighted by Crippen LogP contribution is -2.48. The van der Waals surface area contributed by atoms with Crippen LogP contribution in [0, 0.1) is 0 Å². The predicted molar refractivity (Wildman–Crippen MR) is 125 cm³/mol. The average Bonchev–Trinajstić information content (AvgIpc) is 2.75. The van der Waals surface area contributed by atoms with Crippen LogP contribution < -0.4 is 9.80 Å². The second-order valence-electron chi connectivity index (χ2n) is 7.97. The quantitative estimate of drug-likeness (QED) is 0.673. The van der Waals surface area contributed by atoms with Gasteiger partial charge >= 0.3 is 0 Å². The Morgan fingerprint density at radius 3 is 1.38 bits per heavy atom. The van der Waals surface area contributed by atoms with E-state index in [0.29, 0.717) is 0 Å². The van der Waals surface area contributed by atoms with E-state index in [1.165, 1.54) is 30.9 Å². The Morgan fingerprint density at radius 2 is 1.00 bits per heavy atom. The second kappa shape index (κ2) is 10.0. The molecule has 0 atom stereocenters. The van der Waals surface area contributed by atoms with Gasteiger partial charge in [0.15, 0.2) is 0 Å². The SMILES string of the molecule is Clc1cccc(N2CCN(CCCN3CCN(c4cccc(Cl)c4)CC3)CC2)c1. The molecule has 0 unspecified atom stereocenters. The summed E-state index contributed by atoms with van der Waals surface area (Å²) in [5.41, 5.74) is 2.49. The summed E-state index contributed by atoms with van der Waals surface area (Å²) in [4.78, 5) is 10.1. The van der Waals surface area contributed by atoms with Crippen molar-refractivity contribution >= 4 is 34.6 Å². The molecule has 0 radical (unpaired) electrons. The van der Waals surface area contributed by atoms with E-state index in [1.54, 1.807) is 0 Å². The van der Waals surface area contributed by atoms with Crippen LogP contribution in [0.25, 0.3) is 0 Å². The van der Waals surface area contributed by atoms with Crippen molar-refractivity contribution in [1.82, 2.24) is 9.80 Å². The topological polar surface area (TPSA) is 13.0 Å². The van der Waals surface area contributed by atoms with Crippen molar-refractivity contribution in [3.63, 3.8) is 0 Å². The largest absolute Gasteiger partial charge is 0.369 e. The van der Waals surface area contributed by atoms with Gasteiger partial charge in [-0.3, -0.25) is 9.80 Å². The van der Waals surface area contributed by atoms with Crippen molar-refractivity contribution < 1.29 is 0 Å². The summed E-state index contributed by atoms with van der Waals surface area (Å²) in [6.45, 7) is 11.2. The maximum absolute atomic E-state index is 6.14. The average molecular weight is 433 g/mol. The normalized spacial score (nSPS) is 19.0. The monoisotopic (exact) mass is 432 g/mol. The summed E-state index contributed by atoms with van der Waals surface area (Å²) in [5, 5.41) is 1.64. The molecule has 0 spiro atoms. The zero-order valence-electron chi connectivity index (χ0n) is 16.9. The minimum atomic E-state index is 0.820. The fraction of sp³-hybridized carbons (Fsp3) is 0.478. The Morgan fingerprint density at radius 1 is 0.586 bits per heavy atom. The fourth-order valence-corrected chi connectivity index (χ4v) is 4.69. The van der Waals surface area contributed by atoms with Gasteiger partial charge < -0.3 is 9.80 Å². The van der Waals surface area contributed by atoms with E-state index in [9.17, 15) is 0 Å². The maximum Gasteiger partial charge on any atom is 0.0426 e. The van der Waals surface area contributed by atoms with Crippen molar-refractivity contribution in [3.8, 4) is 0 Å².